The number of fused-ring (bicyclic) bond motifs is 1. The average Bonchev–Trinajstić information content (AvgIpc) is 3.76. The number of anilines is 1. The maximum atomic E-state index is 13.6. The summed E-state index contributed by atoms with van der Waals surface area (Å²) >= 11 is 0. The molecule has 1 saturated carbocycles. The molecule has 8 nitrogen and oxygen atoms in total. The fourth-order valence-electron chi connectivity index (χ4n) is 5.28. The van der Waals surface area contributed by atoms with Crippen LogP contribution in [0.1, 0.15) is 63.9 Å². The van der Waals surface area contributed by atoms with Crippen LogP contribution in [0.5, 0.6) is 0 Å². The Balaban J connectivity index is 1.39. The van der Waals surface area contributed by atoms with Crippen LogP contribution in [0.4, 0.5) is 10.1 Å². The summed E-state index contributed by atoms with van der Waals surface area (Å²) in [7, 11) is -2.16. The molecule has 10 heteroatoms. The first-order chi connectivity index (χ1) is 20.6. The van der Waals surface area contributed by atoms with E-state index >= 15 is 0 Å². The van der Waals surface area contributed by atoms with Crippen molar-refractivity contribution in [1.82, 2.24) is 5.32 Å². The van der Waals surface area contributed by atoms with Crippen LogP contribution in [0.2, 0.25) is 0 Å². The summed E-state index contributed by atoms with van der Waals surface area (Å²) in [5.41, 5.74) is 4.28. The van der Waals surface area contributed by atoms with Gasteiger partial charge < -0.3 is 14.5 Å². The number of hydrogen-bond acceptors (Lipinski definition) is 6. The number of amides is 1. The number of benzene rings is 3. The van der Waals surface area contributed by atoms with Crippen molar-refractivity contribution in [2.24, 2.45) is 0 Å². The smallest absolute Gasteiger partial charge is 0.255 e. The van der Waals surface area contributed by atoms with Crippen molar-refractivity contribution in [3.63, 3.8) is 0 Å². The van der Waals surface area contributed by atoms with Gasteiger partial charge >= 0.3 is 0 Å². The molecule has 0 aliphatic heterocycles. The van der Waals surface area contributed by atoms with Crippen LogP contribution >= 0.6 is 0 Å². The van der Waals surface area contributed by atoms with Gasteiger partial charge in [0.25, 0.3) is 5.91 Å². The standard InChI is InChI=1S/C33H35FN2O6S/c1-21(37)25-8-4-6-22(18-25)7-5-16-41-17-15-36(43(3,39)40)29-20-30-28(19-27(29)23-9-10-23)31(33(38)35-2)32(42-30)24-11-13-26(34)14-12-24/h4,6,8,11-14,18-20,23H,5,7,9-10,15-17H2,1-3H3,(H,35,38). The number of furan rings is 1. The zero-order valence-corrected chi connectivity index (χ0v) is 25.3. The number of hydrogen-bond donors (Lipinski definition) is 1. The molecule has 43 heavy (non-hydrogen) atoms. The number of carbonyl (C=O) groups is 2. The summed E-state index contributed by atoms with van der Waals surface area (Å²) < 4.78 is 53.1. The zero-order valence-electron chi connectivity index (χ0n) is 24.5. The van der Waals surface area contributed by atoms with Gasteiger partial charge in [0.05, 0.1) is 30.7 Å². The first-order valence-electron chi connectivity index (χ1n) is 14.3. The van der Waals surface area contributed by atoms with Gasteiger partial charge in [0.2, 0.25) is 10.0 Å². The lowest BCUT2D eigenvalue weighted by Crippen LogP contribution is -2.34. The van der Waals surface area contributed by atoms with Crippen molar-refractivity contribution in [3.05, 3.63) is 88.7 Å². The van der Waals surface area contributed by atoms with Crippen molar-refractivity contribution < 1.29 is 31.6 Å². The van der Waals surface area contributed by atoms with E-state index in [0.29, 0.717) is 40.0 Å². The van der Waals surface area contributed by atoms with Gasteiger partial charge in [-0.3, -0.25) is 13.9 Å². The number of aryl methyl sites for hydroxylation is 1. The van der Waals surface area contributed by atoms with Gasteiger partial charge in [-0.05, 0) is 86.1 Å². The summed E-state index contributed by atoms with van der Waals surface area (Å²) in [6.45, 7) is 2.27. The van der Waals surface area contributed by atoms with Gasteiger partial charge in [-0.2, -0.15) is 0 Å². The Hall–Kier alpha value is -4.02. The van der Waals surface area contributed by atoms with Gasteiger partial charge in [0.1, 0.15) is 17.2 Å². The molecule has 0 saturated heterocycles. The molecular formula is C33H35FN2O6S. The second-order valence-corrected chi connectivity index (χ2v) is 12.8. The molecule has 4 aromatic rings. The van der Waals surface area contributed by atoms with E-state index in [9.17, 15) is 22.4 Å². The number of rotatable bonds is 13. The van der Waals surface area contributed by atoms with E-state index in [0.717, 1.165) is 43.1 Å². The molecule has 0 atom stereocenters. The monoisotopic (exact) mass is 606 g/mol. The molecule has 1 aromatic heterocycles. The molecule has 1 amide bonds. The Bertz CT molecular complexity index is 1760. The van der Waals surface area contributed by atoms with E-state index < -0.39 is 15.8 Å². The summed E-state index contributed by atoms with van der Waals surface area (Å²) in [6.07, 6.45) is 4.45. The summed E-state index contributed by atoms with van der Waals surface area (Å²) in [4.78, 5) is 24.6. The van der Waals surface area contributed by atoms with Crippen LogP contribution in [0.15, 0.2) is 65.1 Å². The SMILES string of the molecule is CNC(=O)c1c(-c2ccc(F)cc2)oc2cc(N(CCOCCCc3cccc(C(C)=O)c3)S(C)(=O)=O)c(C3CC3)cc12. The second kappa shape index (κ2) is 12.7. The largest absolute Gasteiger partial charge is 0.455 e. The highest BCUT2D eigenvalue weighted by Gasteiger charge is 2.33. The molecule has 1 heterocycles. The number of sulfonamides is 1. The highest BCUT2D eigenvalue weighted by Crippen LogP contribution is 2.48. The molecule has 0 bridgehead atoms. The van der Waals surface area contributed by atoms with Gasteiger partial charge in [-0.15, -0.1) is 0 Å². The fourth-order valence-corrected chi connectivity index (χ4v) is 6.20. The predicted octanol–water partition coefficient (Wildman–Crippen LogP) is 6.09. The third-order valence-corrected chi connectivity index (χ3v) is 8.79. The lowest BCUT2D eigenvalue weighted by Gasteiger charge is -2.25. The quantitative estimate of drug-likeness (QED) is 0.146. The normalized spacial score (nSPS) is 13.3. The topological polar surface area (TPSA) is 106 Å². The molecule has 0 radical (unpaired) electrons. The predicted molar refractivity (Wildman–Crippen MR) is 165 cm³/mol. The van der Waals surface area contributed by atoms with Gasteiger partial charge in [0.15, 0.2) is 5.78 Å². The molecule has 1 N–H and O–H groups in total. The minimum atomic E-state index is -3.69. The van der Waals surface area contributed by atoms with Crippen LogP contribution in [0.25, 0.3) is 22.3 Å². The van der Waals surface area contributed by atoms with Gasteiger partial charge in [-0.1, -0.05) is 18.2 Å². The fraction of sp³-hybridized carbons (Fsp3) is 0.333. The minimum absolute atomic E-state index is 0.0220. The number of nitrogens with one attached hydrogen (secondary N) is 1. The third kappa shape index (κ3) is 6.97. The van der Waals surface area contributed by atoms with Gasteiger partial charge in [-0.25, -0.2) is 12.8 Å². The van der Waals surface area contributed by atoms with E-state index in [1.807, 2.05) is 24.3 Å². The zero-order chi connectivity index (χ0) is 30.7. The molecule has 1 aliphatic rings. The minimum Gasteiger partial charge on any atom is -0.455 e. The third-order valence-electron chi connectivity index (χ3n) is 7.61. The van der Waals surface area contributed by atoms with E-state index in [-0.39, 0.29) is 36.5 Å². The highest BCUT2D eigenvalue weighted by molar-refractivity contribution is 7.92. The maximum Gasteiger partial charge on any atom is 0.255 e. The molecule has 5 rings (SSSR count). The Morgan fingerprint density at radius 3 is 2.47 bits per heavy atom. The lowest BCUT2D eigenvalue weighted by atomic mass is 10.0. The van der Waals surface area contributed by atoms with E-state index in [2.05, 4.69) is 5.32 Å². The Morgan fingerprint density at radius 2 is 1.81 bits per heavy atom. The van der Waals surface area contributed by atoms with E-state index in [1.54, 1.807) is 31.2 Å². The number of carbonyl (C=O) groups excluding carboxylic acids is 2. The summed E-state index contributed by atoms with van der Waals surface area (Å²) in [5.74, 6) is -0.288. The molecule has 0 unspecified atom stereocenters. The van der Waals surface area contributed by atoms with Crippen molar-refractivity contribution in [2.45, 2.75) is 38.5 Å². The summed E-state index contributed by atoms with van der Waals surface area (Å²) in [6, 6.07) is 16.7. The molecule has 1 aliphatic carbocycles. The molecule has 226 valence electrons. The van der Waals surface area contributed by atoms with Gasteiger partial charge in [0, 0.05) is 36.2 Å². The molecule has 3 aromatic carbocycles. The van der Waals surface area contributed by atoms with Crippen LogP contribution < -0.4 is 9.62 Å². The molecule has 0 spiro atoms. The van der Waals surface area contributed by atoms with Crippen LogP contribution in [0.3, 0.4) is 0 Å². The Labute approximate surface area is 250 Å². The number of Topliss-reactive ketones (excluding diaryl/α,β-unsaturated/α-hetero) is 1. The second-order valence-electron chi connectivity index (χ2n) is 10.9. The molecular weight excluding hydrogens is 571 g/mol. The number of ether oxygens (including phenoxy) is 1. The van der Waals surface area contributed by atoms with Crippen molar-refractivity contribution in [2.75, 3.05) is 37.4 Å². The number of ketones is 1. The van der Waals surface area contributed by atoms with Crippen molar-refractivity contribution >= 4 is 38.4 Å². The lowest BCUT2D eigenvalue weighted by molar-refractivity contribution is 0.0963. The highest BCUT2D eigenvalue weighted by atomic mass is 32.2. The molecule has 1 fully saturated rings. The first kappa shape index (κ1) is 30.4. The van der Waals surface area contributed by atoms with Crippen LogP contribution in [-0.2, 0) is 21.2 Å². The first-order valence-corrected chi connectivity index (χ1v) is 16.2. The van der Waals surface area contributed by atoms with E-state index in [4.69, 9.17) is 9.15 Å². The van der Waals surface area contributed by atoms with Crippen molar-refractivity contribution in [1.29, 1.82) is 0 Å². The number of halogens is 1. The number of nitrogens with zero attached hydrogens (tertiary/aromatic N) is 1. The summed E-state index contributed by atoms with van der Waals surface area (Å²) in [5, 5.41) is 3.23. The average molecular weight is 607 g/mol. The Morgan fingerprint density at radius 1 is 1.07 bits per heavy atom. The van der Waals surface area contributed by atoms with Crippen LogP contribution in [0, 0.1) is 5.82 Å². The van der Waals surface area contributed by atoms with Crippen LogP contribution in [-0.4, -0.2) is 53.2 Å². The van der Waals surface area contributed by atoms with E-state index in [1.165, 1.54) is 23.5 Å². The Kier molecular flexibility index (Phi) is 8.98. The maximum absolute atomic E-state index is 13.6. The van der Waals surface area contributed by atoms with Crippen molar-refractivity contribution in [3.8, 4) is 11.3 Å².